The topological polar surface area (TPSA) is 80.6 Å². The van der Waals surface area contributed by atoms with E-state index in [9.17, 15) is 10.1 Å². The summed E-state index contributed by atoms with van der Waals surface area (Å²) in [5.41, 5.74) is 1.56. The first-order chi connectivity index (χ1) is 13.8. The molecule has 0 unspecified atom stereocenters. The van der Waals surface area contributed by atoms with E-state index in [0.717, 1.165) is 5.56 Å². The van der Waals surface area contributed by atoms with Gasteiger partial charge in [0.15, 0.2) is 11.5 Å². The van der Waals surface area contributed by atoms with Crippen molar-refractivity contribution in [2.24, 2.45) is 0 Å². The normalized spacial score (nSPS) is 10.9. The van der Waals surface area contributed by atoms with Gasteiger partial charge in [0, 0.05) is 11.1 Å². The summed E-state index contributed by atoms with van der Waals surface area (Å²) in [6.07, 6.45) is 1.42. The highest BCUT2D eigenvalue weighted by Gasteiger charge is 2.16. The lowest BCUT2D eigenvalue weighted by molar-refractivity contribution is -0.112. The first-order valence-corrected chi connectivity index (χ1v) is 9.37. The Labute approximate surface area is 179 Å². The molecule has 0 spiro atoms. The summed E-state index contributed by atoms with van der Waals surface area (Å²) < 4.78 is 16.0. The van der Waals surface area contributed by atoms with E-state index in [1.807, 2.05) is 13.0 Å². The summed E-state index contributed by atoms with van der Waals surface area (Å²) in [4.78, 5) is 12.7. The first-order valence-electron chi connectivity index (χ1n) is 8.62. The molecule has 2 rings (SSSR count). The second-order valence-electron chi connectivity index (χ2n) is 5.89. The average molecular weight is 435 g/mol. The van der Waals surface area contributed by atoms with Crippen molar-refractivity contribution in [3.05, 3.63) is 51.0 Å². The maximum atomic E-state index is 12.7. The number of carbonyl (C=O) groups excluding carboxylic acids is 1. The van der Waals surface area contributed by atoms with Gasteiger partial charge in [-0.15, -0.1) is 0 Å². The number of carbonyl (C=O) groups is 1. The van der Waals surface area contributed by atoms with Gasteiger partial charge in [0.05, 0.1) is 31.5 Å². The number of rotatable bonds is 7. The third kappa shape index (κ3) is 5.35. The molecule has 0 aliphatic carbocycles. The van der Waals surface area contributed by atoms with Crippen LogP contribution >= 0.6 is 23.2 Å². The van der Waals surface area contributed by atoms with Crippen molar-refractivity contribution in [2.45, 2.75) is 13.8 Å². The van der Waals surface area contributed by atoms with Gasteiger partial charge >= 0.3 is 0 Å². The predicted octanol–water partition coefficient (Wildman–Crippen LogP) is 5.26. The quantitative estimate of drug-likeness (QED) is 0.474. The minimum absolute atomic E-state index is 0.122. The van der Waals surface area contributed by atoms with Crippen molar-refractivity contribution in [1.82, 2.24) is 0 Å². The molecule has 0 bridgehead atoms. The van der Waals surface area contributed by atoms with Gasteiger partial charge in [-0.3, -0.25) is 4.79 Å². The highest BCUT2D eigenvalue weighted by molar-refractivity contribution is 6.32. The van der Waals surface area contributed by atoms with Crippen LogP contribution in [0.5, 0.6) is 17.2 Å². The molecule has 8 heteroatoms. The first kappa shape index (κ1) is 22.4. The molecule has 0 saturated heterocycles. The minimum Gasteiger partial charge on any atom is -0.495 e. The summed E-state index contributed by atoms with van der Waals surface area (Å²) in [6, 6.07) is 8.40. The smallest absolute Gasteiger partial charge is 0.266 e. The van der Waals surface area contributed by atoms with Gasteiger partial charge in [-0.05, 0) is 49.2 Å². The molecule has 0 aromatic heterocycles. The maximum absolute atomic E-state index is 12.7. The van der Waals surface area contributed by atoms with Crippen LogP contribution in [0.2, 0.25) is 10.0 Å². The van der Waals surface area contributed by atoms with E-state index in [1.54, 1.807) is 31.2 Å². The van der Waals surface area contributed by atoms with Crippen molar-refractivity contribution in [3.63, 3.8) is 0 Å². The molecule has 1 amide bonds. The fourth-order valence-corrected chi connectivity index (χ4v) is 3.02. The monoisotopic (exact) mass is 434 g/mol. The zero-order valence-electron chi connectivity index (χ0n) is 16.4. The molecule has 6 nitrogen and oxygen atoms in total. The molecule has 1 N–H and O–H groups in total. The van der Waals surface area contributed by atoms with Crippen molar-refractivity contribution in [2.75, 3.05) is 26.1 Å². The Balaban J connectivity index is 2.39. The number of nitrogens with one attached hydrogen (secondary N) is 1. The standard InChI is InChI=1S/C21H20Cl2N2O4/c1-5-29-19-9-13(8-16(23)20(19)28-4)7-14(11-24)21(26)25-17-6-12(2)15(22)10-18(17)27-3/h6-10H,5H2,1-4H3,(H,25,26)/b14-7+. The Morgan fingerprint density at radius 3 is 2.45 bits per heavy atom. The third-order valence-corrected chi connectivity index (χ3v) is 4.63. The van der Waals surface area contributed by atoms with Gasteiger partial charge in [-0.25, -0.2) is 0 Å². The van der Waals surface area contributed by atoms with Gasteiger partial charge in [-0.2, -0.15) is 5.26 Å². The number of methoxy groups -OCH3 is 2. The van der Waals surface area contributed by atoms with Crippen LogP contribution in [0.15, 0.2) is 29.8 Å². The lowest BCUT2D eigenvalue weighted by Crippen LogP contribution is -2.14. The molecule has 2 aromatic rings. The second-order valence-corrected chi connectivity index (χ2v) is 6.71. The zero-order valence-corrected chi connectivity index (χ0v) is 17.9. The molecule has 0 aliphatic rings. The number of nitriles is 1. The van der Waals surface area contributed by atoms with Gasteiger partial charge in [-0.1, -0.05) is 23.2 Å². The summed E-state index contributed by atoms with van der Waals surface area (Å²) >= 11 is 12.3. The number of nitrogens with zero attached hydrogens (tertiary/aromatic N) is 1. The van der Waals surface area contributed by atoms with E-state index >= 15 is 0 Å². The number of amides is 1. The lowest BCUT2D eigenvalue weighted by Gasteiger charge is -2.13. The van der Waals surface area contributed by atoms with E-state index in [0.29, 0.717) is 45.2 Å². The van der Waals surface area contributed by atoms with Crippen LogP contribution in [0.25, 0.3) is 6.08 Å². The van der Waals surface area contributed by atoms with Crippen LogP contribution in [0.3, 0.4) is 0 Å². The summed E-state index contributed by atoms with van der Waals surface area (Å²) in [5, 5.41) is 13.0. The number of hydrogen-bond acceptors (Lipinski definition) is 5. The van der Waals surface area contributed by atoms with Crippen molar-refractivity contribution >= 4 is 40.9 Å². The Kier molecular flexibility index (Phi) is 7.77. The van der Waals surface area contributed by atoms with Crippen LogP contribution in [-0.2, 0) is 4.79 Å². The van der Waals surface area contributed by atoms with Crippen LogP contribution in [0, 0.1) is 18.3 Å². The van der Waals surface area contributed by atoms with Crippen molar-refractivity contribution in [3.8, 4) is 23.3 Å². The SMILES string of the molecule is CCOc1cc(/C=C(\C#N)C(=O)Nc2cc(C)c(Cl)cc2OC)cc(Cl)c1OC. The van der Waals surface area contributed by atoms with Crippen molar-refractivity contribution < 1.29 is 19.0 Å². The molecule has 0 fully saturated rings. The molecule has 0 radical (unpaired) electrons. The van der Waals surface area contributed by atoms with Crippen molar-refractivity contribution in [1.29, 1.82) is 5.26 Å². The van der Waals surface area contributed by atoms with Gasteiger partial charge < -0.3 is 19.5 Å². The molecule has 0 atom stereocenters. The molecule has 152 valence electrons. The second kappa shape index (κ2) is 10.1. The summed E-state index contributed by atoms with van der Waals surface area (Å²) in [7, 11) is 2.95. The number of anilines is 1. The number of ether oxygens (including phenoxy) is 3. The van der Waals surface area contributed by atoms with E-state index in [2.05, 4.69) is 5.32 Å². The molecule has 0 heterocycles. The van der Waals surface area contributed by atoms with E-state index in [4.69, 9.17) is 37.4 Å². The summed E-state index contributed by atoms with van der Waals surface area (Å²) in [6.45, 7) is 4.03. The summed E-state index contributed by atoms with van der Waals surface area (Å²) in [5.74, 6) is 0.589. The van der Waals surface area contributed by atoms with E-state index in [1.165, 1.54) is 20.3 Å². The predicted molar refractivity (Wildman–Crippen MR) is 114 cm³/mol. The number of aryl methyl sites for hydroxylation is 1. The van der Waals surface area contributed by atoms with Gasteiger partial charge in [0.2, 0.25) is 0 Å². The Morgan fingerprint density at radius 2 is 1.86 bits per heavy atom. The molecular weight excluding hydrogens is 415 g/mol. The molecular formula is C21H20Cl2N2O4. The number of benzene rings is 2. The number of hydrogen-bond donors (Lipinski definition) is 1. The van der Waals surface area contributed by atoms with Gasteiger partial charge in [0.1, 0.15) is 17.4 Å². The van der Waals surface area contributed by atoms with Crippen LogP contribution in [0.1, 0.15) is 18.1 Å². The number of halogens is 2. The van der Waals surface area contributed by atoms with E-state index in [-0.39, 0.29) is 5.57 Å². The minimum atomic E-state index is -0.600. The molecule has 0 saturated carbocycles. The average Bonchev–Trinajstić information content (AvgIpc) is 2.68. The van der Waals surface area contributed by atoms with Crippen LogP contribution in [-0.4, -0.2) is 26.7 Å². The largest absolute Gasteiger partial charge is 0.495 e. The highest BCUT2D eigenvalue weighted by Crippen LogP contribution is 2.37. The highest BCUT2D eigenvalue weighted by atomic mass is 35.5. The zero-order chi connectivity index (χ0) is 21.6. The fourth-order valence-electron chi connectivity index (χ4n) is 2.57. The molecule has 2 aromatic carbocycles. The molecule has 0 aliphatic heterocycles. The van der Waals surface area contributed by atoms with Crippen LogP contribution in [0.4, 0.5) is 5.69 Å². The molecule has 29 heavy (non-hydrogen) atoms. The Bertz CT molecular complexity index is 997. The lowest BCUT2D eigenvalue weighted by atomic mass is 10.1. The van der Waals surface area contributed by atoms with Crippen LogP contribution < -0.4 is 19.5 Å². The van der Waals surface area contributed by atoms with Gasteiger partial charge in [0.25, 0.3) is 5.91 Å². The maximum Gasteiger partial charge on any atom is 0.266 e. The fraction of sp³-hybridized carbons (Fsp3) is 0.238. The van der Waals surface area contributed by atoms with E-state index < -0.39 is 5.91 Å². The Hall–Kier alpha value is -2.88. The Morgan fingerprint density at radius 1 is 1.14 bits per heavy atom. The third-order valence-electron chi connectivity index (χ3n) is 3.94.